The molecule has 0 radical (unpaired) electrons. The summed E-state index contributed by atoms with van der Waals surface area (Å²) in [7, 11) is 1.29. The van der Waals surface area contributed by atoms with Gasteiger partial charge in [0.25, 0.3) is 0 Å². The van der Waals surface area contributed by atoms with Crippen LogP contribution in [-0.2, 0) is 19.1 Å². The van der Waals surface area contributed by atoms with Gasteiger partial charge in [0, 0.05) is 18.3 Å². The van der Waals surface area contributed by atoms with Crippen LogP contribution in [0.1, 0.15) is 40.5 Å². The Kier molecular flexibility index (Phi) is 15.3. The molecule has 0 aromatic rings. The lowest BCUT2D eigenvalue weighted by molar-refractivity contribution is -0.145. The highest BCUT2D eigenvalue weighted by Crippen LogP contribution is 2.12. The Morgan fingerprint density at radius 3 is 2.17 bits per heavy atom. The Labute approximate surface area is 191 Å². The predicted molar refractivity (Wildman–Crippen MR) is 127 cm³/mol. The minimum absolute atomic E-state index is 0.00200. The van der Waals surface area contributed by atoms with Crippen LogP contribution in [0.4, 0.5) is 0 Å². The number of esters is 1. The molecule has 0 rings (SSSR count). The number of carbonyl (C=O) groups is 3. The summed E-state index contributed by atoms with van der Waals surface area (Å²) in [5, 5.41) is 8.81. The molecule has 8 nitrogen and oxygen atoms in total. The molecule has 0 aliphatic heterocycles. The number of nitrogens with one attached hydrogen (secondary N) is 3. The van der Waals surface area contributed by atoms with Crippen molar-refractivity contribution in [3.63, 3.8) is 0 Å². The molecule has 5 N–H and O–H groups in total. The van der Waals surface area contributed by atoms with Gasteiger partial charge in [0.1, 0.15) is 12.1 Å². The maximum Gasteiger partial charge on any atom is 0.328 e. The highest BCUT2D eigenvalue weighted by Gasteiger charge is 2.32. The van der Waals surface area contributed by atoms with Gasteiger partial charge in [0.15, 0.2) is 0 Å². The van der Waals surface area contributed by atoms with E-state index < -0.39 is 24.1 Å². The number of rotatable bonds is 15. The van der Waals surface area contributed by atoms with Crippen molar-refractivity contribution in [2.24, 2.45) is 17.6 Å². The number of thiol groups is 1. The lowest BCUT2D eigenvalue weighted by Crippen LogP contribution is -2.59. The third kappa shape index (κ3) is 10.4. The van der Waals surface area contributed by atoms with Crippen LogP contribution in [0.15, 0.2) is 0 Å². The van der Waals surface area contributed by atoms with Gasteiger partial charge in [-0.1, -0.05) is 34.1 Å². The predicted octanol–water partition coefficient (Wildman–Crippen LogP) is 0.800. The first kappa shape index (κ1) is 29.0. The van der Waals surface area contributed by atoms with Gasteiger partial charge in [-0.05, 0) is 30.3 Å². The zero-order valence-electron chi connectivity index (χ0n) is 19.1. The fourth-order valence-corrected chi connectivity index (χ4v) is 3.41. The summed E-state index contributed by atoms with van der Waals surface area (Å²) in [4.78, 5) is 38.0. The fourth-order valence-electron chi connectivity index (χ4n) is 2.81. The molecule has 5 unspecified atom stereocenters. The van der Waals surface area contributed by atoms with Gasteiger partial charge in [-0.3, -0.25) is 9.59 Å². The van der Waals surface area contributed by atoms with Crippen LogP contribution in [0, 0.1) is 11.8 Å². The molecule has 0 heterocycles. The lowest BCUT2D eigenvalue weighted by atomic mass is 9.96. The second-order valence-electron chi connectivity index (χ2n) is 7.81. The zero-order chi connectivity index (χ0) is 23.3. The molecule has 0 saturated heterocycles. The highest BCUT2D eigenvalue weighted by atomic mass is 32.2. The molecule has 2 amide bonds. The number of hydrogen-bond donors (Lipinski definition) is 5. The molecule has 0 aliphatic carbocycles. The first-order valence-electron chi connectivity index (χ1n) is 10.4. The first-order chi connectivity index (χ1) is 14.1. The van der Waals surface area contributed by atoms with E-state index in [9.17, 15) is 14.4 Å². The van der Waals surface area contributed by atoms with Crippen molar-refractivity contribution >= 4 is 42.2 Å². The standard InChI is InChI=1S/C20H40N4O4S2/c1-7-13(4)17(19(26)23-15(8-9-30-6)20(27)28-5)24-18(25)16(12(2)3)22-10-14(21)11-29/h12-17,22,29H,7-11,21H2,1-6H3,(H,23,26)(H,24,25). The van der Waals surface area contributed by atoms with Gasteiger partial charge < -0.3 is 26.4 Å². The third-order valence-corrected chi connectivity index (χ3v) is 6.10. The van der Waals surface area contributed by atoms with Gasteiger partial charge in [-0.25, -0.2) is 4.79 Å². The van der Waals surface area contributed by atoms with Gasteiger partial charge in [-0.2, -0.15) is 24.4 Å². The summed E-state index contributed by atoms with van der Waals surface area (Å²) in [5.74, 6) is -0.0520. The first-order valence-corrected chi connectivity index (χ1v) is 12.4. The summed E-state index contributed by atoms with van der Waals surface area (Å²) < 4.78 is 4.81. The average Bonchev–Trinajstić information content (AvgIpc) is 2.72. The van der Waals surface area contributed by atoms with Crippen molar-refractivity contribution in [1.29, 1.82) is 0 Å². The van der Waals surface area contributed by atoms with E-state index in [4.69, 9.17) is 10.5 Å². The van der Waals surface area contributed by atoms with Crippen LogP contribution in [-0.4, -0.2) is 73.4 Å². The van der Waals surface area contributed by atoms with E-state index in [1.54, 1.807) is 11.8 Å². The van der Waals surface area contributed by atoms with E-state index in [2.05, 4.69) is 28.6 Å². The number of ether oxygens (including phenoxy) is 1. The minimum Gasteiger partial charge on any atom is -0.467 e. The fraction of sp³-hybridized carbons (Fsp3) is 0.850. The smallest absolute Gasteiger partial charge is 0.328 e. The molecule has 5 atom stereocenters. The minimum atomic E-state index is -0.759. The lowest BCUT2D eigenvalue weighted by Gasteiger charge is -2.29. The number of hydrogen-bond acceptors (Lipinski definition) is 8. The van der Waals surface area contributed by atoms with Crippen molar-refractivity contribution in [2.75, 3.05) is 31.4 Å². The van der Waals surface area contributed by atoms with Crippen molar-refractivity contribution in [2.45, 2.75) is 64.7 Å². The van der Waals surface area contributed by atoms with E-state index in [1.807, 2.05) is 34.0 Å². The maximum absolute atomic E-state index is 13.0. The number of nitrogens with two attached hydrogens (primary N) is 1. The summed E-state index contributed by atoms with van der Waals surface area (Å²) in [6, 6.07) is -2.17. The van der Waals surface area contributed by atoms with Crippen LogP contribution in [0.2, 0.25) is 0 Å². The average molecular weight is 465 g/mol. The van der Waals surface area contributed by atoms with Crippen LogP contribution in [0.25, 0.3) is 0 Å². The Morgan fingerprint density at radius 1 is 1.10 bits per heavy atom. The van der Waals surface area contributed by atoms with Crippen molar-refractivity contribution in [3.8, 4) is 0 Å². The van der Waals surface area contributed by atoms with Crippen LogP contribution in [0.3, 0.4) is 0 Å². The molecule has 0 aromatic carbocycles. The molecule has 0 aliphatic rings. The number of carbonyl (C=O) groups excluding carboxylic acids is 3. The molecule has 0 fully saturated rings. The van der Waals surface area contributed by atoms with Gasteiger partial charge in [0.2, 0.25) is 11.8 Å². The topological polar surface area (TPSA) is 123 Å². The SMILES string of the molecule is CCC(C)C(NC(=O)C(NCC(N)CS)C(C)C)C(=O)NC(CCSC)C(=O)OC. The number of methoxy groups -OCH3 is 1. The quantitative estimate of drug-likeness (QED) is 0.179. The van der Waals surface area contributed by atoms with Gasteiger partial charge in [0.05, 0.1) is 13.2 Å². The molecule has 176 valence electrons. The van der Waals surface area contributed by atoms with Gasteiger partial charge in [-0.15, -0.1) is 0 Å². The Bertz CT molecular complexity index is 537. The zero-order valence-corrected chi connectivity index (χ0v) is 20.8. The third-order valence-electron chi connectivity index (χ3n) is 4.99. The summed E-state index contributed by atoms with van der Waals surface area (Å²) >= 11 is 5.74. The normalized spacial score (nSPS) is 16.3. The van der Waals surface area contributed by atoms with Crippen molar-refractivity contribution in [1.82, 2.24) is 16.0 Å². The van der Waals surface area contributed by atoms with E-state index in [0.29, 0.717) is 30.9 Å². The van der Waals surface area contributed by atoms with Crippen molar-refractivity contribution in [3.05, 3.63) is 0 Å². The van der Waals surface area contributed by atoms with E-state index in [0.717, 1.165) is 0 Å². The molecule has 0 spiro atoms. The molecule has 10 heteroatoms. The second-order valence-corrected chi connectivity index (χ2v) is 9.16. The second kappa shape index (κ2) is 15.8. The molecular formula is C20H40N4O4S2. The van der Waals surface area contributed by atoms with Gasteiger partial charge >= 0.3 is 5.97 Å². The van der Waals surface area contributed by atoms with Crippen LogP contribution in [0.5, 0.6) is 0 Å². The number of amides is 2. The number of thioether (sulfide) groups is 1. The summed E-state index contributed by atoms with van der Waals surface area (Å²) in [6.07, 6.45) is 3.08. The van der Waals surface area contributed by atoms with E-state index in [-0.39, 0.29) is 29.7 Å². The van der Waals surface area contributed by atoms with E-state index in [1.165, 1.54) is 7.11 Å². The Balaban J connectivity index is 5.33. The largest absolute Gasteiger partial charge is 0.467 e. The molecular weight excluding hydrogens is 424 g/mol. The molecule has 0 bridgehead atoms. The summed E-state index contributed by atoms with van der Waals surface area (Å²) in [6.45, 7) is 8.15. The highest BCUT2D eigenvalue weighted by molar-refractivity contribution is 7.98. The van der Waals surface area contributed by atoms with Crippen molar-refractivity contribution < 1.29 is 19.1 Å². The monoisotopic (exact) mass is 464 g/mol. The summed E-state index contributed by atoms with van der Waals surface area (Å²) in [5.41, 5.74) is 5.90. The van der Waals surface area contributed by atoms with E-state index >= 15 is 0 Å². The molecule has 0 aromatic heterocycles. The van der Waals surface area contributed by atoms with Crippen LogP contribution >= 0.6 is 24.4 Å². The molecule has 30 heavy (non-hydrogen) atoms. The maximum atomic E-state index is 13.0. The Hall–Kier alpha value is -0.970. The van der Waals surface area contributed by atoms with Crippen LogP contribution < -0.4 is 21.7 Å². The Morgan fingerprint density at radius 2 is 1.70 bits per heavy atom. The molecule has 0 saturated carbocycles.